The smallest absolute Gasteiger partial charge is 0.261 e. The molecule has 3 unspecified atom stereocenters. The number of hydrogen-bond donors (Lipinski definition) is 2. The van der Waals surface area contributed by atoms with Gasteiger partial charge in [-0.15, -0.1) is 12.4 Å². The van der Waals surface area contributed by atoms with Crippen molar-refractivity contribution >= 4 is 24.1 Å². The van der Waals surface area contributed by atoms with Crippen molar-refractivity contribution in [3.63, 3.8) is 0 Å². The van der Waals surface area contributed by atoms with Crippen molar-refractivity contribution in [1.82, 2.24) is 10.6 Å². The molecule has 1 amide bonds. The van der Waals surface area contributed by atoms with Crippen LogP contribution in [-0.4, -0.2) is 36.9 Å². The molecule has 5 nitrogen and oxygen atoms in total. The molecule has 0 radical (unpaired) electrons. The summed E-state index contributed by atoms with van der Waals surface area (Å²) in [6, 6.07) is 7.09. The van der Waals surface area contributed by atoms with Crippen LogP contribution in [-0.2, 0) is 4.79 Å². The van der Waals surface area contributed by atoms with E-state index in [0.717, 1.165) is 19.5 Å². The van der Waals surface area contributed by atoms with Gasteiger partial charge in [-0.2, -0.15) is 0 Å². The first kappa shape index (κ1) is 19.5. The van der Waals surface area contributed by atoms with Crippen molar-refractivity contribution in [3.8, 4) is 5.75 Å². The summed E-state index contributed by atoms with van der Waals surface area (Å²) in [7, 11) is 0. The monoisotopic (exact) mass is 340 g/mol. The fraction of sp³-hybridized carbons (Fsp3) is 0.529. The van der Waals surface area contributed by atoms with Gasteiger partial charge in [-0.3, -0.25) is 9.59 Å². The summed E-state index contributed by atoms with van der Waals surface area (Å²) < 4.78 is 5.66. The van der Waals surface area contributed by atoms with Crippen LogP contribution in [0.15, 0.2) is 24.3 Å². The quantitative estimate of drug-likeness (QED) is 0.806. The molecular formula is C17H25ClN2O3. The van der Waals surface area contributed by atoms with Crippen LogP contribution in [0.1, 0.15) is 37.6 Å². The number of ether oxygens (including phenoxy) is 1. The lowest BCUT2D eigenvalue weighted by Crippen LogP contribution is -2.51. The van der Waals surface area contributed by atoms with Crippen molar-refractivity contribution in [2.75, 3.05) is 13.1 Å². The molecule has 2 rings (SSSR count). The van der Waals surface area contributed by atoms with Gasteiger partial charge < -0.3 is 15.4 Å². The van der Waals surface area contributed by atoms with E-state index in [9.17, 15) is 9.59 Å². The van der Waals surface area contributed by atoms with Gasteiger partial charge in [0, 0.05) is 11.6 Å². The first-order valence-corrected chi connectivity index (χ1v) is 7.76. The maximum Gasteiger partial charge on any atom is 0.261 e. The van der Waals surface area contributed by atoms with Gasteiger partial charge in [-0.1, -0.05) is 19.1 Å². The second-order valence-electron chi connectivity index (χ2n) is 5.93. The zero-order chi connectivity index (χ0) is 16.1. The Morgan fingerprint density at radius 3 is 2.78 bits per heavy atom. The number of ketones is 1. The lowest BCUT2D eigenvalue weighted by molar-refractivity contribution is -0.128. The Kier molecular flexibility index (Phi) is 7.52. The van der Waals surface area contributed by atoms with E-state index in [2.05, 4.69) is 17.6 Å². The van der Waals surface area contributed by atoms with Gasteiger partial charge in [0.1, 0.15) is 5.75 Å². The summed E-state index contributed by atoms with van der Waals surface area (Å²) in [5.74, 6) is 0.803. The van der Waals surface area contributed by atoms with Crippen molar-refractivity contribution in [1.29, 1.82) is 0 Å². The molecular weight excluding hydrogens is 316 g/mol. The van der Waals surface area contributed by atoms with Crippen LogP contribution in [0.4, 0.5) is 0 Å². The minimum atomic E-state index is -0.593. The number of Topliss-reactive ketones (excluding diaryl/α,β-unsaturated/α-hetero) is 1. The Bertz CT molecular complexity index is 550. The summed E-state index contributed by atoms with van der Waals surface area (Å²) in [5, 5.41) is 6.36. The summed E-state index contributed by atoms with van der Waals surface area (Å²) in [4.78, 5) is 23.6. The summed E-state index contributed by atoms with van der Waals surface area (Å²) >= 11 is 0. The molecule has 128 valence electrons. The highest BCUT2D eigenvalue weighted by Crippen LogP contribution is 2.16. The van der Waals surface area contributed by atoms with Gasteiger partial charge in [0.2, 0.25) is 0 Å². The van der Waals surface area contributed by atoms with Crippen molar-refractivity contribution < 1.29 is 14.3 Å². The topological polar surface area (TPSA) is 67.4 Å². The van der Waals surface area contributed by atoms with E-state index < -0.39 is 6.10 Å². The molecule has 0 saturated carbocycles. The molecule has 23 heavy (non-hydrogen) atoms. The van der Waals surface area contributed by atoms with E-state index in [0.29, 0.717) is 17.2 Å². The number of rotatable bonds is 5. The van der Waals surface area contributed by atoms with Crippen LogP contribution < -0.4 is 15.4 Å². The Hall–Kier alpha value is -1.59. The normalized spacial score (nSPS) is 21.7. The molecule has 1 saturated heterocycles. The molecule has 1 aromatic rings. The lowest BCUT2D eigenvalue weighted by atomic mass is 9.95. The fourth-order valence-corrected chi connectivity index (χ4v) is 2.57. The van der Waals surface area contributed by atoms with Crippen LogP contribution in [0.5, 0.6) is 5.75 Å². The second-order valence-corrected chi connectivity index (χ2v) is 5.93. The van der Waals surface area contributed by atoms with Crippen molar-refractivity contribution in [3.05, 3.63) is 29.8 Å². The summed E-state index contributed by atoms with van der Waals surface area (Å²) in [5.41, 5.74) is 0.581. The van der Waals surface area contributed by atoms with Gasteiger partial charge in [0.15, 0.2) is 11.9 Å². The molecule has 0 aliphatic carbocycles. The third-order valence-electron chi connectivity index (χ3n) is 4.04. The van der Waals surface area contributed by atoms with E-state index in [1.165, 1.54) is 6.92 Å². The Morgan fingerprint density at radius 1 is 1.39 bits per heavy atom. The van der Waals surface area contributed by atoms with E-state index >= 15 is 0 Å². The standard InChI is InChI=1S/C17H24N2O3.ClH/c1-11-10-18-8-7-16(11)19-17(21)13(3)22-15-6-4-5-14(9-15)12(2)20;/h4-6,9,11,13,16,18H,7-8,10H2,1-3H3,(H,19,21);1H. The van der Waals surface area contributed by atoms with E-state index in [1.807, 2.05) is 0 Å². The highest BCUT2D eigenvalue weighted by molar-refractivity contribution is 5.94. The molecule has 0 aromatic heterocycles. The van der Waals surface area contributed by atoms with Crippen LogP contribution in [0, 0.1) is 5.92 Å². The number of hydrogen-bond acceptors (Lipinski definition) is 4. The maximum absolute atomic E-state index is 12.3. The third-order valence-corrected chi connectivity index (χ3v) is 4.04. The van der Waals surface area contributed by atoms with Gasteiger partial charge in [-0.05, 0) is 51.4 Å². The summed E-state index contributed by atoms with van der Waals surface area (Å²) in [6.45, 7) is 7.19. The molecule has 1 heterocycles. The summed E-state index contributed by atoms with van der Waals surface area (Å²) in [6.07, 6.45) is 0.337. The van der Waals surface area contributed by atoms with Gasteiger partial charge >= 0.3 is 0 Å². The van der Waals surface area contributed by atoms with Gasteiger partial charge in [-0.25, -0.2) is 0 Å². The number of halogens is 1. The Morgan fingerprint density at radius 2 is 2.13 bits per heavy atom. The molecule has 1 aliphatic heterocycles. The maximum atomic E-state index is 12.3. The third kappa shape index (κ3) is 5.52. The van der Waals surface area contributed by atoms with Gasteiger partial charge in [0.05, 0.1) is 0 Å². The van der Waals surface area contributed by atoms with Crippen LogP contribution >= 0.6 is 12.4 Å². The number of nitrogens with one attached hydrogen (secondary N) is 2. The first-order valence-electron chi connectivity index (χ1n) is 7.76. The molecule has 1 aromatic carbocycles. The SMILES string of the molecule is CC(=O)c1cccc(OC(C)C(=O)NC2CCNCC2C)c1.Cl. The Labute approximate surface area is 143 Å². The van der Waals surface area contributed by atoms with E-state index in [1.54, 1.807) is 31.2 Å². The molecule has 2 N–H and O–H groups in total. The van der Waals surface area contributed by atoms with E-state index in [4.69, 9.17) is 4.74 Å². The number of piperidine rings is 1. The molecule has 1 fully saturated rings. The highest BCUT2D eigenvalue weighted by Gasteiger charge is 2.25. The average molecular weight is 341 g/mol. The largest absolute Gasteiger partial charge is 0.481 e. The van der Waals surface area contributed by atoms with Crippen LogP contribution in [0.3, 0.4) is 0 Å². The average Bonchev–Trinajstić information content (AvgIpc) is 2.49. The van der Waals surface area contributed by atoms with Crippen LogP contribution in [0.25, 0.3) is 0 Å². The number of benzene rings is 1. The zero-order valence-corrected chi connectivity index (χ0v) is 14.6. The van der Waals surface area contributed by atoms with Crippen molar-refractivity contribution in [2.45, 2.75) is 39.3 Å². The molecule has 0 bridgehead atoms. The second kappa shape index (κ2) is 8.89. The minimum absolute atomic E-state index is 0. The molecule has 0 spiro atoms. The predicted octanol–water partition coefficient (Wildman–Crippen LogP) is 2.19. The molecule has 6 heteroatoms. The van der Waals surface area contributed by atoms with Crippen LogP contribution in [0.2, 0.25) is 0 Å². The number of amides is 1. The number of carbonyl (C=O) groups is 2. The first-order chi connectivity index (χ1) is 10.5. The Balaban J connectivity index is 0.00000264. The molecule has 3 atom stereocenters. The fourth-order valence-electron chi connectivity index (χ4n) is 2.57. The molecule has 1 aliphatic rings. The predicted molar refractivity (Wildman–Crippen MR) is 92.4 cm³/mol. The van der Waals surface area contributed by atoms with E-state index in [-0.39, 0.29) is 30.1 Å². The van der Waals surface area contributed by atoms with Gasteiger partial charge in [0.25, 0.3) is 5.91 Å². The lowest BCUT2D eigenvalue weighted by Gasteiger charge is -2.31. The van der Waals surface area contributed by atoms with Crippen molar-refractivity contribution in [2.24, 2.45) is 5.92 Å². The highest BCUT2D eigenvalue weighted by atomic mass is 35.5. The minimum Gasteiger partial charge on any atom is -0.481 e. The zero-order valence-electron chi connectivity index (χ0n) is 13.8. The number of carbonyl (C=O) groups excluding carboxylic acids is 2.